The number of carbonyl (C=O) groups is 2. The summed E-state index contributed by atoms with van der Waals surface area (Å²) >= 11 is 0. The maximum atomic E-state index is 10.7. The van der Waals surface area contributed by atoms with Crippen LogP contribution in [0, 0.1) is 5.41 Å². The molecule has 5 heteroatoms. The molecular formula is C12H22O5. The molecule has 1 fully saturated rings. The third kappa shape index (κ3) is 4.73. The molecular weight excluding hydrogens is 224 g/mol. The third-order valence-electron chi connectivity index (χ3n) is 2.93. The minimum absolute atomic E-state index is 0.275. The van der Waals surface area contributed by atoms with E-state index in [-0.39, 0.29) is 12.8 Å². The highest BCUT2D eigenvalue weighted by molar-refractivity contribution is 5.98. The second-order valence-electron chi connectivity index (χ2n) is 4.03. The first-order chi connectivity index (χ1) is 8.01. The molecule has 0 aromatic rings. The first-order valence-corrected chi connectivity index (χ1v) is 6.05. The minimum atomic E-state index is -1.49. The fourth-order valence-electron chi connectivity index (χ4n) is 1.88. The van der Waals surface area contributed by atoms with E-state index in [0.29, 0.717) is 12.8 Å². The van der Waals surface area contributed by atoms with Gasteiger partial charge in [-0.1, -0.05) is 19.3 Å². The predicted molar refractivity (Wildman–Crippen MR) is 63.0 cm³/mol. The summed E-state index contributed by atoms with van der Waals surface area (Å²) < 4.78 is 4.83. The molecule has 1 aliphatic carbocycles. The Labute approximate surface area is 102 Å². The zero-order chi connectivity index (χ0) is 13.3. The van der Waals surface area contributed by atoms with Crippen LogP contribution in [-0.4, -0.2) is 35.4 Å². The van der Waals surface area contributed by atoms with Crippen LogP contribution >= 0.6 is 0 Å². The van der Waals surface area contributed by atoms with E-state index < -0.39 is 17.4 Å². The molecule has 0 amide bonds. The fraction of sp³-hybridized carbons (Fsp3) is 0.833. The quantitative estimate of drug-likeness (QED) is 0.742. The molecule has 100 valence electrons. The Hall–Kier alpha value is -1.10. The van der Waals surface area contributed by atoms with Crippen molar-refractivity contribution in [1.82, 2.24) is 0 Å². The second kappa shape index (κ2) is 8.06. The number of aliphatic carboxylic acids is 2. The molecule has 0 aliphatic heterocycles. The lowest BCUT2D eigenvalue weighted by Gasteiger charge is -2.28. The van der Waals surface area contributed by atoms with Gasteiger partial charge >= 0.3 is 11.9 Å². The number of hydrogen-bond acceptors (Lipinski definition) is 3. The van der Waals surface area contributed by atoms with Gasteiger partial charge in [0.25, 0.3) is 0 Å². The van der Waals surface area contributed by atoms with Crippen molar-refractivity contribution in [1.29, 1.82) is 0 Å². The van der Waals surface area contributed by atoms with Crippen molar-refractivity contribution in [3.05, 3.63) is 0 Å². The predicted octanol–water partition coefficient (Wildman–Crippen LogP) is 2.15. The van der Waals surface area contributed by atoms with Crippen LogP contribution in [0.25, 0.3) is 0 Å². The largest absolute Gasteiger partial charge is 0.480 e. The highest BCUT2D eigenvalue weighted by Gasteiger charge is 2.46. The lowest BCUT2D eigenvalue weighted by molar-refractivity contribution is -0.167. The minimum Gasteiger partial charge on any atom is -0.480 e. The van der Waals surface area contributed by atoms with Gasteiger partial charge in [-0.25, -0.2) is 0 Å². The summed E-state index contributed by atoms with van der Waals surface area (Å²) in [5.41, 5.74) is -1.49. The van der Waals surface area contributed by atoms with Crippen molar-refractivity contribution in [3.8, 4) is 0 Å². The van der Waals surface area contributed by atoms with Gasteiger partial charge in [0.15, 0.2) is 5.41 Å². The first kappa shape index (κ1) is 15.9. The topological polar surface area (TPSA) is 83.8 Å². The lowest BCUT2D eigenvalue weighted by Crippen LogP contribution is -2.40. The van der Waals surface area contributed by atoms with Crippen molar-refractivity contribution in [3.63, 3.8) is 0 Å². The van der Waals surface area contributed by atoms with E-state index in [1.807, 2.05) is 13.8 Å². The average Bonchev–Trinajstić information content (AvgIpc) is 2.31. The molecule has 0 saturated heterocycles. The smallest absolute Gasteiger partial charge is 0.321 e. The second-order valence-corrected chi connectivity index (χ2v) is 4.03. The maximum absolute atomic E-state index is 10.7. The Morgan fingerprint density at radius 2 is 1.41 bits per heavy atom. The molecule has 0 aromatic carbocycles. The van der Waals surface area contributed by atoms with E-state index in [9.17, 15) is 9.59 Å². The number of rotatable bonds is 4. The van der Waals surface area contributed by atoms with Crippen LogP contribution in [0.5, 0.6) is 0 Å². The van der Waals surface area contributed by atoms with Crippen molar-refractivity contribution in [2.24, 2.45) is 5.41 Å². The molecule has 0 unspecified atom stereocenters. The Morgan fingerprint density at radius 1 is 1.00 bits per heavy atom. The molecule has 0 heterocycles. The first-order valence-electron chi connectivity index (χ1n) is 6.05. The standard InChI is InChI=1S/C8H12O4.C4H10O/c9-6(10)8(7(11)12)4-2-1-3-5-8;1-3-5-4-2/h1-5H2,(H,9,10)(H,11,12);3-4H2,1-2H3. The molecule has 1 rings (SSSR count). The normalized spacial score (nSPS) is 17.8. The van der Waals surface area contributed by atoms with Crippen molar-refractivity contribution in [2.75, 3.05) is 13.2 Å². The van der Waals surface area contributed by atoms with Crippen molar-refractivity contribution in [2.45, 2.75) is 46.0 Å². The Morgan fingerprint density at radius 3 is 1.59 bits per heavy atom. The number of carboxylic acids is 2. The van der Waals surface area contributed by atoms with Crippen LogP contribution in [0.3, 0.4) is 0 Å². The molecule has 17 heavy (non-hydrogen) atoms. The maximum Gasteiger partial charge on any atom is 0.321 e. The van der Waals surface area contributed by atoms with Crippen molar-refractivity contribution < 1.29 is 24.5 Å². The molecule has 0 radical (unpaired) electrons. The molecule has 1 saturated carbocycles. The van der Waals surface area contributed by atoms with Crippen LogP contribution in [0.2, 0.25) is 0 Å². The monoisotopic (exact) mass is 246 g/mol. The molecule has 2 N–H and O–H groups in total. The van der Waals surface area contributed by atoms with Gasteiger partial charge in [0.1, 0.15) is 0 Å². The highest BCUT2D eigenvalue weighted by atomic mass is 16.5. The van der Waals surface area contributed by atoms with Crippen LogP contribution in [0.4, 0.5) is 0 Å². The van der Waals surface area contributed by atoms with Gasteiger partial charge in [-0.3, -0.25) is 9.59 Å². The zero-order valence-corrected chi connectivity index (χ0v) is 10.6. The van der Waals surface area contributed by atoms with Crippen LogP contribution in [-0.2, 0) is 14.3 Å². The van der Waals surface area contributed by atoms with Gasteiger partial charge < -0.3 is 14.9 Å². The molecule has 5 nitrogen and oxygen atoms in total. The molecule has 1 aliphatic rings. The molecule has 0 aromatic heterocycles. The number of hydrogen-bond donors (Lipinski definition) is 2. The van der Waals surface area contributed by atoms with Gasteiger partial charge in [0.05, 0.1) is 0 Å². The van der Waals surface area contributed by atoms with E-state index >= 15 is 0 Å². The van der Waals surface area contributed by atoms with Crippen LogP contribution in [0.1, 0.15) is 46.0 Å². The SMILES string of the molecule is CCOCC.O=C(O)C1(C(=O)O)CCCCC1. The van der Waals surface area contributed by atoms with E-state index in [1.165, 1.54) is 0 Å². The summed E-state index contributed by atoms with van der Waals surface area (Å²) in [6.45, 7) is 5.67. The van der Waals surface area contributed by atoms with Gasteiger partial charge in [-0.2, -0.15) is 0 Å². The van der Waals surface area contributed by atoms with Gasteiger partial charge in [-0.15, -0.1) is 0 Å². The van der Waals surface area contributed by atoms with Crippen molar-refractivity contribution >= 4 is 11.9 Å². The summed E-state index contributed by atoms with van der Waals surface area (Å²) in [5, 5.41) is 17.6. The summed E-state index contributed by atoms with van der Waals surface area (Å²) in [6.07, 6.45) is 2.91. The van der Waals surface area contributed by atoms with E-state index in [2.05, 4.69) is 0 Å². The molecule has 0 spiro atoms. The Kier molecular flexibility index (Phi) is 7.54. The number of ether oxygens (including phenoxy) is 1. The van der Waals surface area contributed by atoms with Crippen LogP contribution in [0.15, 0.2) is 0 Å². The highest BCUT2D eigenvalue weighted by Crippen LogP contribution is 2.36. The molecule has 0 bridgehead atoms. The van der Waals surface area contributed by atoms with E-state index in [1.54, 1.807) is 0 Å². The molecule has 0 atom stereocenters. The van der Waals surface area contributed by atoms with E-state index in [0.717, 1.165) is 19.6 Å². The summed E-state index contributed by atoms with van der Waals surface area (Å²) in [4.78, 5) is 21.5. The van der Waals surface area contributed by atoms with Crippen LogP contribution < -0.4 is 0 Å². The Bertz CT molecular complexity index is 225. The van der Waals surface area contributed by atoms with Gasteiger partial charge in [0, 0.05) is 13.2 Å². The average molecular weight is 246 g/mol. The summed E-state index contributed by atoms with van der Waals surface area (Å²) in [6, 6.07) is 0. The number of carboxylic acid groups (broad SMARTS) is 2. The summed E-state index contributed by atoms with van der Waals surface area (Å²) in [5.74, 6) is -2.37. The van der Waals surface area contributed by atoms with E-state index in [4.69, 9.17) is 14.9 Å². The van der Waals surface area contributed by atoms with Gasteiger partial charge in [-0.05, 0) is 26.7 Å². The lowest BCUT2D eigenvalue weighted by atomic mass is 9.74. The van der Waals surface area contributed by atoms with Gasteiger partial charge in [0.2, 0.25) is 0 Å². The zero-order valence-electron chi connectivity index (χ0n) is 10.6. The Balaban J connectivity index is 0.000000437. The third-order valence-corrected chi connectivity index (χ3v) is 2.93. The summed E-state index contributed by atoms with van der Waals surface area (Å²) in [7, 11) is 0. The fourth-order valence-corrected chi connectivity index (χ4v) is 1.88.